The molecule has 0 unspecified atom stereocenters. The van der Waals surface area contributed by atoms with Crippen molar-refractivity contribution in [2.75, 3.05) is 6.54 Å². The van der Waals surface area contributed by atoms with Crippen LogP contribution in [0.2, 0.25) is 0 Å². The highest BCUT2D eigenvalue weighted by Gasteiger charge is 2.33. The molecule has 0 aromatic heterocycles. The minimum absolute atomic E-state index is 0.0486. The van der Waals surface area contributed by atoms with Crippen LogP contribution in [0.4, 0.5) is 8.78 Å². The van der Waals surface area contributed by atoms with Gasteiger partial charge in [0.15, 0.2) is 0 Å². The van der Waals surface area contributed by atoms with E-state index in [-0.39, 0.29) is 6.42 Å². The summed E-state index contributed by atoms with van der Waals surface area (Å²) in [6.07, 6.45) is 0.500. The highest BCUT2D eigenvalue weighted by Crippen LogP contribution is 2.22. The highest BCUT2D eigenvalue weighted by molar-refractivity contribution is 4.70. The van der Waals surface area contributed by atoms with Gasteiger partial charge in [-0.05, 0) is 6.42 Å². The molecule has 0 atom stereocenters. The van der Waals surface area contributed by atoms with Crippen LogP contribution in [0.15, 0.2) is 0 Å². The van der Waals surface area contributed by atoms with E-state index in [1.165, 1.54) is 0 Å². The molecule has 1 heterocycles. The molecular weight excluding hydrogens is 100 g/mol. The molecule has 0 aliphatic carbocycles. The molecule has 0 saturated carbocycles. The molecule has 1 saturated heterocycles. The monoisotopic (exact) mass is 106 g/mol. The topological polar surface area (TPSA) is 14.1 Å². The third-order valence-electron chi connectivity index (χ3n) is 0.979. The molecule has 1 rings (SSSR count). The SMILES string of the molecule is FC1(F)CCC[N]1. The first-order valence-electron chi connectivity index (χ1n) is 2.27. The van der Waals surface area contributed by atoms with E-state index >= 15 is 0 Å². The molecule has 0 aromatic rings. The second-order valence-corrected chi connectivity index (χ2v) is 1.65. The molecule has 41 valence electrons. The van der Waals surface area contributed by atoms with Gasteiger partial charge in [-0.1, -0.05) is 0 Å². The Morgan fingerprint density at radius 1 is 1.43 bits per heavy atom. The summed E-state index contributed by atoms with van der Waals surface area (Å²) < 4.78 is 23.6. The van der Waals surface area contributed by atoms with Crippen molar-refractivity contribution in [3.63, 3.8) is 0 Å². The first-order chi connectivity index (χ1) is 3.21. The Morgan fingerprint density at radius 3 is 2.29 bits per heavy atom. The van der Waals surface area contributed by atoms with Crippen molar-refractivity contribution < 1.29 is 8.78 Å². The Kier molecular flexibility index (Phi) is 0.995. The Bertz CT molecular complexity index is 64.1. The average molecular weight is 106 g/mol. The summed E-state index contributed by atoms with van der Waals surface area (Å²) in [4.78, 5) is 0. The van der Waals surface area contributed by atoms with Gasteiger partial charge in [0.05, 0.1) is 0 Å². The van der Waals surface area contributed by atoms with Gasteiger partial charge in [-0.25, -0.2) is 0 Å². The summed E-state index contributed by atoms with van der Waals surface area (Å²) in [7, 11) is 0. The molecule has 3 heteroatoms. The van der Waals surface area contributed by atoms with Gasteiger partial charge in [-0.15, -0.1) is 0 Å². The predicted octanol–water partition coefficient (Wildman–Crippen LogP) is 0.977. The number of nitrogens with zero attached hydrogens (tertiary/aromatic N) is 1. The van der Waals surface area contributed by atoms with Gasteiger partial charge < -0.3 is 0 Å². The second kappa shape index (κ2) is 1.40. The highest BCUT2D eigenvalue weighted by atomic mass is 19.3. The maximum absolute atomic E-state index is 11.8. The van der Waals surface area contributed by atoms with Crippen LogP contribution in [0.5, 0.6) is 0 Å². The van der Waals surface area contributed by atoms with Crippen LogP contribution in [-0.2, 0) is 0 Å². The fraction of sp³-hybridized carbons (Fsp3) is 1.00. The van der Waals surface area contributed by atoms with Crippen LogP contribution < -0.4 is 5.32 Å². The number of alkyl halides is 2. The lowest BCUT2D eigenvalue weighted by Crippen LogP contribution is -2.21. The van der Waals surface area contributed by atoms with Crippen molar-refractivity contribution in [2.24, 2.45) is 0 Å². The molecule has 0 N–H and O–H groups in total. The first-order valence-corrected chi connectivity index (χ1v) is 2.27. The van der Waals surface area contributed by atoms with Crippen molar-refractivity contribution in [3.8, 4) is 0 Å². The molecule has 0 amide bonds. The maximum Gasteiger partial charge on any atom is 0.317 e. The predicted molar refractivity (Wildman–Crippen MR) is 21.2 cm³/mol. The number of hydrogen-bond acceptors (Lipinski definition) is 0. The fourth-order valence-corrected chi connectivity index (χ4v) is 0.613. The molecule has 1 aliphatic rings. The zero-order chi connectivity index (χ0) is 5.33. The molecule has 7 heavy (non-hydrogen) atoms. The van der Waals surface area contributed by atoms with Crippen LogP contribution in [0.3, 0.4) is 0 Å². The quantitative estimate of drug-likeness (QED) is 0.409. The Labute approximate surface area is 40.7 Å². The van der Waals surface area contributed by atoms with Crippen LogP contribution in [0.25, 0.3) is 0 Å². The third kappa shape index (κ3) is 1.09. The first kappa shape index (κ1) is 4.97. The Morgan fingerprint density at radius 2 is 2.14 bits per heavy atom. The van der Waals surface area contributed by atoms with Crippen LogP contribution in [0, 0.1) is 0 Å². The minimum atomic E-state index is -2.68. The van der Waals surface area contributed by atoms with E-state index in [0.717, 1.165) is 0 Å². The van der Waals surface area contributed by atoms with Gasteiger partial charge in [0, 0.05) is 13.0 Å². The lowest BCUT2D eigenvalue weighted by Gasteiger charge is -2.02. The molecule has 1 aliphatic heterocycles. The van der Waals surface area contributed by atoms with Gasteiger partial charge in [0.1, 0.15) is 0 Å². The van der Waals surface area contributed by atoms with Gasteiger partial charge in [-0.2, -0.15) is 14.1 Å². The summed E-state index contributed by atoms with van der Waals surface area (Å²) in [6.45, 7) is 0.340. The summed E-state index contributed by atoms with van der Waals surface area (Å²) in [5.41, 5.74) is 0. The molecule has 1 radical (unpaired) electrons. The largest absolute Gasteiger partial charge is 0.317 e. The second-order valence-electron chi connectivity index (χ2n) is 1.65. The third-order valence-corrected chi connectivity index (χ3v) is 0.979. The van der Waals surface area contributed by atoms with E-state index in [9.17, 15) is 8.78 Å². The van der Waals surface area contributed by atoms with Gasteiger partial charge >= 0.3 is 6.05 Å². The zero-order valence-electron chi connectivity index (χ0n) is 3.82. The van der Waals surface area contributed by atoms with Crippen LogP contribution in [0.1, 0.15) is 12.8 Å². The van der Waals surface area contributed by atoms with Crippen LogP contribution in [-0.4, -0.2) is 12.6 Å². The smallest absolute Gasteiger partial charge is 0.187 e. The summed E-state index contributed by atoms with van der Waals surface area (Å²) >= 11 is 0. The van der Waals surface area contributed by atoms with Crippen LogP contribution >= 0.6 is 0 Å². The Hall–Kier alpha value is -0.180. The van der Waals surface area contributed by atoms with Crippen molar-refractivity contribution in [1.29, 1.82) is 0 Å². The van der Waals surface area contributed by atoms with Crippen molar-refractivity contribution in [2.45, 2.75) is 18.9 Å². The normalized spacial score (nSPS) is 28.3. The zero-order valence-corrected chi connectivity index (χ0v) is 3.82. The van der Waals surface area contributed by atoms with E-state index in [1.807, 2.05) is 0 Å². The summed E-state index contributed by atoms with van der Waals surface area (Å²) in [6, 6.07) is -2.68. The lowest BCUT2D eigenvalue weighted by molar-refractivity contribution is -0.0180. The number of rotatable bonds is 0. The van der Waals surface area contributed by atoms with Gasteiger partial charge in [-0.3, -0.25) is 0 Å². The van der Waals surface area contributed by atoms with Crippen molar-refractivity contribution in [1.82, 2.24) is 5.32 Å². The molecule has 0 spiro atoms. The molecule has 0 bridgehead atoms. The average Bonchev–Trinajstić information content (AvgIpc) is 1.84. The van der Waals surface area contributed by atoms with E-state index in [1.54, 1.807) is 0 Å². The van der Waals surface area contributed by atoms with Crippen molar-refractivity contribution in [3.05, 3.63) is 0 Å². The summed E-state index contributed by atoms with van der Waals surface area (Å²) in [5.74, 6) is 0. The number of halogens is 2. The fourth-order valence-electron chi connectivity index (χ4n) is 0.613. The maximum atomic E-state index is 11.8. The van der Waals surface area contributed by atoms with Gasteiger partial charge in [0.2, 0.25) is 0 Å². The van der Waals surface area contributed by atoms with Crippen molar-refractivity contribution >= 4 is 0 Å². The molecular formula is C4H6F2N. The van der Waals surface area contributed by atoms with E-state index < -0.39 is 6.05 Å². The molecule has 1 nitrogen and oxygen atoms in total. The van der Waals surface area contributed by atoms with E-state index in [2.05, 4.69) is 5.32 Å². The summed E-state index contributed by atoms with van der Waals surface area (Å²) in [5, 5.41) is 3.03. The lowest BCUT2D eigenvalue weighted by atomic mass is 10.4. The van der Waals surface area contributed by atoms with Gasteiger partial charge in [0.25, 0.3) is 0 Å². The Balaban J connectivity index is 2.40. The number of hydrogen-bond donors (Lipinski definition) is 0. The molecule has 0 aromatic carbocycles. The standard InChI is InChI=1S/C4H6F2N/c5-4(6)2-1-3-7-4/h1-3H2. The minimum Gasteiger partial charge on any atom is -0.187 e. The van der Waals surface area contributed by atoms with E-state index in [0.29, 0.717) is 13.0 Å². The van der Waals surface area contributed by atoms with E-state index in [4.69, 9.17) is 0 Å². The molecule has 1 fully saturated rings.